The molecule has 0 atom stereocenters. The van der Waals surface area contributed by atoms with Crippen LogP contribution in [0.5, 0.6) is 5.75 Å². The third-order valence-corrected chi connectivity index (χ3v) is 6.50. The molecule has 0 bridgehead atoms. The van der Waals surface area contributed by atoms with Crippen molar-refractivity contribution in [3.63, 3.8) is 0 Å². The minimum Gasteiger partial charge on any atom is -0.482 e. The normalized spacial score (nSPS) is 15.5. The fourth-order valence-corrected chi connectivity index (χ4v) is 4.80. The summed E-state index contributed by atoms with van der Waals surface area (Å²) in [6.07, 6.45) is 5.90. The highest BCUT2D eigenvalue weighted by Crippen LogP contribution is 2.36. The maximum atomic E-state index is 13.4. The van der Waals surface area contributed by atoms with Crippen LogP contribution in [-0.4, -0.2) is 35.9 Å². The number of para-hydroxylation sites is 1. The number of nitrogens with zero attached hydrogens (tertiary/aromatic N) is 1. The number of esters is 1. The second-order valence-corrected chi connectivity index (χ2v) is 8.92. The van der Waals surface area contributed by atoms with Crippen molar-refractivity contribution in [2.75, 3.05) is 18.5 Å². The van der Waals surface area contributed by atoms with Crippen LogP contribution in [0.2, 0.25) is 0 Å². The number of allylic oxidation sites excluding steroid dienone is 1. The molecule has 1 amide bonds. The Bertz CT molecular complexity index is 1590. The lowest BCUT2D eigenvalue weighted by molar-refractivity contribution is -0.118. The van der Waals surface area contributed by atoms with Crippen molar-refractivity contribution >= 4 is 45.9 Å². The van der Waals surface area contributed by atoms with Crippen molar-refractivity contribution in [2.24, 2.45) is 0 Å². The van der Waals surface area contributed by atoms with Crippen LogP contribution in [0.25, 0.3) is 22.6 Å². The van der Waals surface area contributed by atoms with E-state index in [9.17, 15) is 14.4 Å². The van der Waals surface area contributed by atoms with E-state index in [1.807, 2.05) is 42.5 Å². The first-order valence-electron chi connectivity index (χ1n) is 12.0. The molecule has 2 aromatic heterocycles. The van der Waals surface area contributed by atoms with Crippen LogP contribution >= 0.6 is 0 Å². The number of benzene rings is 2. The van der Waals surface area contributed by atoms with Gasteiger partial charge in [0, 0.05) is 10.9 Å². The predicted octanol–water partition coefficient (Wildman–Crippen LogP) is 5.08. The molecular weight excluding hydrogens is 472 g/mol. The van der Waals surface area contributed by atoms with E-state index in [-0.39, 0.29) is 18.3 Å². The Hall–Kier alpha value is -4.72. The average molecular weight is 495 g/mol. The van der Waals surface area contributed by atoms with E-state index in [1.165, 1.54) is 6.07 Å². The van der Waals surface area contributed by atoms with Gasteiger partial charge in [-0.3, -0.25) is 9.59 Å². The molecule has 6 rings (SSSR count). The molecule has 0 spiro atoms. The van der Waals surface area contributed by atoms with Gasteiger partial charge in [0.05, 0.1) is 28.7 Å². The first kappa shape index (κ1) is 22.7. The summed E-state index contributed by atoms with van der Waals surface area (Å²) in [6.45, 7) is -0.506. The molecular formula is C29H22N2O6. The minimum atomic E-state index is -0.572. The molecule has 8 nitrogen and oxygen atoms in total. The smallest absolute Gasteiger partial charge is 0.339 e. The van der Waals surface area contributed by atoms with E-state index in [0.717, 1.165) is 35.4 Å². The van der Waals surface area contributed by atoms with E-state index in [2.05, 4.69) is 5.32 Å². The fraction of sp³-hybridized carbons (Fsp3) is 0.172. The molecule has 0 unspecified atom stereocenters. The number of carbonyl (C=O) groups excluding carboxylic acids is 3. The van der Waals surface area contributed by atoms with Crippen LogP contribution in [-0.2, 0) is 16.0 Å². The number of fused-ring (bicyclic) bond motifs is 3. The number of anilines is 1. The van der Waals surface area contributed by atoms with Gasteiger partial charge < -0.3 is 19.2 Å². The van der Waals surface area contributed by atoms with Crippen molar-refractivity contribution in [2.45, 2.75) is 19.3 Å². The van der Waals surface area contributed by atoms with Gasteiger partial charge in [-0.1, -0.05) is 18.2 Å². The van der Waals surface area contributed by atoms with Crippen LogP contribution in [0.15, 0.2) is 65.3 Å². The lowest BCUT2D eigenvalue weighted by atomic mass is 9.86. The number of aromatic nitrogens is 1. The number of ketones is 1. The summed E-state index contributed by atoms with van der Waals surface area (Å²) in [6, 6.07) is 15.9. The number of nitrogens with one attached hydrogen (secondary N) is 1. The maximum absolute atomic E-state index is 13.4. The Morgan fingerprint density at radius 2 is 1.97 bits per heavy atom. The first-order chi connectivity index (χ1) is 18.1. The van der Waals surface area contributed by atoms with Crippen LogP contribution in [0.1, 0.15) is 50.6 Å². The van der Waals surface area contributed by atoms with Crippen LogP contribution in [0.4, 0.5) is 5.69 Å². The van der Waals surface area contributed by atoms with E-state index in [1.54, 1.807) is 18.4 Å². The molecule has 1 aliphatic heterocycles. The van der Waals surface area contributed by atoms with E-state index >= 15 is 0 Å². The third kappa shape index (κ3) is 4.38. The zero-order valence-corrected chi connectivity index (χ0v) is 19.8. The van der Waals surface area contributed by atoms with Gasteiger partial charge in [-0.2, -0.15) is 0 Å². The highest BCUT2D eigenvalue weighted by Gasteiger charge is 2.27. The molecule has 2 aliphatic rings. The first-order valence-corrected chi connectivity index (χ1v) is 12.0. The number of ether oxygens (including phenoxy) is 2. The maximum Gasteiger partial charge on any atom is 0.339 e. The zero-order chi connectivity index (χ0) is 25.4. The van der Waals surface area contributed by atoms with Crippen molar-refractivity contribution in [3.8, 4) is 5.75 Å². The number of furan rings is 1. The number of rotatable bonds is 5. The summed E-state index contributed by atoms with van der Waals surface area (Å²) in [4.78, 5) is 42.8. The van der Waals surface area contributed by atoms with E-state index < -0.39 is 12.6 Å². The Balaban J connectivity index is 1.31. The molecule has 0 fully saturated rings. The molecule has 0 saturated heterocycles. The van der Waals surface area contributed by atoms with Crippen LogP contribution in [0.3, 0.4) is 0 Å². The molecule has 184 valence electrons. The molecule has 37 heavy (non-hydrogen) atoms. The molecule has 8 heteroatoms. The number of amides is 1. The Kier molecular flexibility index (Phi) is 5.76. The van der Waals surface area contributed by atoms with Crippen molar-refractivity contribution in [1.82, 2.24) is 4.98 Å². The summed E-state index contributed by atoms with van der Waals surface area (Å²) in [7, 11) is 0. The lowest BCUT2D eigenvalue weighted by Crippen LogP contribution is -2.25. The van der Waals surface area contributed by atoms with Gasteiger partial charge >= 0.3 is 5.97 Å². The number of hydrogen-bond acceptors (Lipinski definition) is 7. The standard InChI is InChI=1S/C29H22N2O6/c32-24(17-10-11-25-23(14-17)30-26(33)16-36-25)15-37-29(34)27-20-7-1-2-9-22(20)31-28-18(5-3-8-21(27)28)13-19-6-4-12-35-19/h1-2,4,6-7,9-14H,3,5,8,15-16H2,(H,30,33)/b18-13+. The van der Waals surface area contributed by atoms with Gasteiger partial charge in [0.25, 0.3) is 5.91 Å². The summed E-state index contributed by atoms with van der Waals surface area (Å²) >= 11 is 0. The summed E-state index contributed by atoms with van der Waals surface area (Å²) < 4.78 is 16.4. The minimum absolute atomic E-state index is 0.0689. The molecule has 1 N–H and O–H groups in total. The average Bonchev–Trinajstić information content (AvgIpc) is 3.43. The Morgan fingerprint density at radius 3 is 2.84 bits per heavy atom. The van der Waals surface area contributed by atoms with Crippen LogP contribution in [0, 0.1) is 0 Å². The SMILES string of the molecule is O=C1COc2ccc(C(=O)COC(=O)c3c4c(nc5ccccc35)/C(=C/c3ccco3)CCC4)cc2N1. The highest BCUT2D eigenvalue weighted by molar-refractivity contribution is 6.08. The molecule has 1 aliphatic carbocycles. The van der Waals surface area contributed by atoms with E-state index in [4.69, 9.17) is 18.9 Å². The fourth-order valence-electron chi connectivity index (χ4n) is 4.80. The second kappa shape index (κ2) is 9.39. The van der Waals surface area contributed by atoms with Gasteiger partial charge in [-0.25, -0.2) is 9.78 Å². The zero-order valence-electron chi connectivity index (χ0n) is 19.8. The number of Topliss-reactive ketones (excluding diaryl/α,β-unsaturated/α-hetero) is 1. The number of carbonyl (C=O) groups is 3. The van der Waals surface area contributed by atoms with Gasteiger partial charge in [-0.05, 0) is 72.9 Å². The summed E-state index contributed by atoms with van der Waals surface area (Å²) in [5.74, 6) is -0.0439. The molecule has 4 aromatic rings. The predicted molar refractivity (Wildman–Crippen MR) is 136 cm³/mol. The monoisotopic (exact) mass is 494 g/mol. The topological polar surface area (TPSA) is 108 Å². The van der Waals surface area contributed by atoms with Gasteiger partial charge in [-0.15, -0.1) is 0 Å². The Morgan fingerprint density at radius 1 is 1.08 bits per heavy atom. The third-order valence-electron chi connectivity index (χ3n) is 6.50. The number of hydrogen-bond donors (Lipinski definition) is 1. The molecule has 3 heterocycles. The molecule has 2 aromatic carbocycles. The summed E-state index contributed by atoms with van der Waals surface area (Å²) in [5.41, 5.74) is 4.40. The van der Waals surface area contributed by atoms with Gasteiger partial charge in [0.2, 0.25) is 0 Å². The quantitative estimate of drug-likeness (QED) is 0.305. The Labute approximate surface area is 211 Å². The molecule has 0 radical (unpaired) electrons. The summed E-state index contributed by atoms with van der Waals surface area (Å²) in [5, 5.41) is 3.36. The van der Waals surface area contributed by atoms with Gasteiger partial charge in [0.15, 0.2) is 19.0 Å². The largest absolute Gasteiger partial charge is 0.482 e. The number of pyridine rings is 1. The lowest BCUT2D eigenvalue weighted by Gasteiger charge is -2.22. The second-order valence-electron chi connectivity index (χ2n) is 8.92. The highest BCUT2D eigenvalue weighted by atomic mass is 16.5. The van der Waals surface area contributed by atoms with E-state index in [0.29, 0.717) is 39.9 Å². The van der Waals surface area contributed by atoms with Crippen molar-refractivity contribution in [1.29, 1.82) is 0 Å². The van der Waals surface area contributed by atoms with Crippen LogP contribution < -0.4 is 10.1 Å². The van der Waals surface area contributed by atoms with Crippen molar-refractivity contribution < 1.29 is 28.3 Å². The molecule has 0 saturated carbocycles. The van der Waals surface area contributed by atoms with Gasteiger partial charge in [0.1, 0.15) is 11.5 Å². The van der Waals surface area contributed by atoms with Crippen molar-refractivity contribution in [3.05, 3.63) is 89.0 Å².